The quantitative estimate of drug-likeness (QED) is 0.368. The first-order chi connectivity index (χ1) is 15.2. The molecule has 0 aromatic heterocycles. The molecule has 0 aliphatic carbocycles. The molecule has 1 unspecified atom stereocenters. The van der Waals surface area contributed by atoms with Crippen LogP contribution in [0.2, 0.25) is 10.0 Å². The van der Waals surface area contributed by atoms with Crippen molar-refractivity contribution in [2.45, 2.75) is 6.04 Å². The molecule has 2 aromatic carbocycles. The molecule has 32 heavy (non-hydrogen) atoms. The molecule has 1 N–H and O–H groups in total. The van der Waals surface area contributed by atoms with Gasteiger partial charge in [0.15, 0.2) is 0 Å². The molecule has 1 heterocycles. The summed E-state index contributed by atoms with van der Waals surface area (Å²) in [6, 6.07) is 9.11. The highest BCUT2D eigenvalue weighted by molar-refractivity contribution is 6.46. The largest absolute Gasteiger partial charge is 0.507 e. The van der Waals surface area contributed by atoms with E-state index in [4.69, 9.17) is 32.7 Å². The topological polar surface area (TPSA) is 79.3 Å². The van der Waals surface area contributed by atoms with E-state index in [9.17, 15) is 14.7 Å². The Balaban J connectivity index is 2.25. The van der Waals surface area contributed by atoms with Crippen molar-refractivity contribution in [3.05, 3.63) is 63.1 Å². The van der Waals surface area contributed by atoms with Crippen LogP contribution in [0.3, 0.4) is 0 Å². The van der Waals surface area contributed by atoms with E-state index in [2.05, 4.69) is 0 Å². The molecule has 0 spiro atoms. The number of carbonyl (C=O) groups is 2. The number of aliphatic hydroxyl groups excluding tert-OH is 1. The Labute approximate surface area is 196 Å². The first-order valence-corrected chi connectivity index (χ1v) is 10.6. The summed E-state index contributed by atoms with van der Waals surface area (Å²) in [5, 5.41) is 11.7. The van der Waals surface area contributed by atoms with Crippen molar-refractivity contribution in [1.29, 1.82) is 0 Å². The fourth-order valence-corrected chi connectivity index (χ4v) is 4.24. The Bertz CT molecular complexity index is 1080. The number of benzene rings is 2. The number of likely N-dealkylation sites (N-methyl/N-ethyl adjacent to an activating group) is 1. The van der Waals surface area contributed by atoms with Gasteiger partial charge in [-0.15, -0.1) is 0 Å². The number of carbonyl (C=O) groups excluding carboxylic acids is 2. The van der Waals surface area contributed by atoms with E-state index in [-0.39, 0.29) is 33.5 Å². The van der Waals surface area contributed by atoms with Gasteiger partial charge in [-0.2, -0.15) is 0 Å². The lowest BCUT2D eigenvalue weighted by atomic mass is 9.95. The second-order valence-electron chi connectivity index (χ2n) is 7.54. The van der Waals surface area contributed by atoms with Gasteiger partial charge in [-0.05, 0) is 43.9 Å². The number of ether oxygens (including phenoxy) is 2. The molecule has 1 amide bonds. The SMILES string of the molecule is COc1cccc(C2/C(=C(\O)c3cc(Cl)cc(Cl)c3OC)C(=O)C(=O)N2CCN(C)C)c1. The third kappa shape index (κ3) is 4.55. The van der Waals surface area contributed by atoms with Gasteiger partial charge in [-0.25, -0.2) is 0 Å². The van der Waals surface area contributed by atoms with E-state index in [0.717, 1.165) is 0 Å². The van der Waals surface area contributed by atoms with Crippen LogP contribution in [0, 0.1) is 0 Å². The number of amides is 1. The second-order valence-corrected chi connectivity index (χ2v) is 8.38. The number of hydrogen-bond donors (Lipinski definition) is 1. The van der Waals surface area contributed by atoms with Crippen LogP contribution in [0.15, 0.2) is 42.0 Å². The number of methoxy groups -OCH3 is 2. The Morgan fingerprint density at radius 2 is 1.84 bits per heavy atom. The second kappa shape index (κ2) is 9.81. The summed E-state index contributed by atoms with van der Waals surface area (Å²) < 4.78 is 10.7. The third-order valence-electron chi connectivity index (χ3n) is 5.21. The van der Waals surface area contributed by atoms with E-state index in [1.807, 2.05) is 19.0 Å². The maximum atomic E-state index is 13.1. The third-order valence-corrected chi connectivity index (χ3v) is 5.70. The maximum Gasteiger partial charge on any atom is 0.295 e. The Morgan fingerprint density at radius 1 is 1.12 bits per heavy atom. The van der Waals surface area contributed by atoms with Gasteiger partial charge < -0.3 is 24.4 Å². The van der Waals surface area contributed by atoms with Crippen molar-refractivity contribution < 1.29 is 24.2 Å². The lowest BCUT2D eigenvalue weighted by Gasteiger charge is -2.27. The number of ketones is 1. The molecule has 1 aliphatic heterocycles. The van der Waals surface area contributed by atoms with E-state index < -0.39 is 23.5 Å². The molecule has 9 heteroatoms. The molecule has 0 radical (unpaired) electrons. The Morgan fingerprint density at radius 3 is 2.47 bits per heavy atom. The van der Waals surface area contributed by atoms with Crippen molar-refractivity contribution in [3.63, 3.8) is 0 Å². The molecule has 1 aliphatic rings. The average molecular weight is 479 g/mol. The average Bonchev–Trinajstić information content (AvgIpc) is 3.01. The van der Waals surface area contributed by atoms with Crippen LogP contribution in [-0.2, 0) is 9.59 Å². The highest BCUT2D eigenvalue weighted by Crippen LogP contribution is 2.43. The van der Waals surface area contributed by atoms with Crippen molar-refractivity contribution in [1.82, 2.24) is 9.80 Å². The molecule has 7 nitrogen and oxygen atoms in total. The molecule has 170 valence electrons. The molecule has 1 fully saturated rings. The molecular weight excluding hydrogens is 455 g/mol. The van der Waals surface area contributed by atoms with Gasteiger partial charge in [0.25, 0.3) is 11.7 Å². The van der Waals surface area contributed by atoms with Crippen molar-refractivity contribution >= 4 is 40.7 Å². The Hall–Kier alpha value is -2.74. The molecule has 1 saturated heterocycles. The van der Waals surface area contributed by atoms with Crippen LogP contribution in [0.25, 0.3) is 5.76 Å². The predicted molar refractivity (Wildman–Crippen MR) is 124 cm³/mol. The summed E-state index contributed by atoms with van der Waals surface area (Å²) in [6.45, 7) is 0.809. The fourth-order valence-electron chi connectivity index (χ4n) is 3.67. The van der Waals surface area contributed by atoms with Crippen molar-refractivity contribution in [2.75, 3.05) is 41.4 Å². The smallest absolute Gasteiger partial charge is 0.295 e. The number of rotatable bonds is 7. The minimum absolute atomic E-state index is 0.0707. The highest BCUT2D eigenvalue weighted by Gasteiger charge is 2.46. The van der Waals surface area contributed by atoms with Crippen LogP contribution in [0.1, 0.15) is 17.2 Å². The van der Waals surface area contributed by atoms with Gasteiger partial charge in [-0.1, -0.05) is 35.3 Å². The van der Waals surface area contributed by atoms with E-state index in [1.54, 1.807) is 24.3 Å². The molecular formula is C23H24Cl2N2O5. The number of Topliss-reactive ketones (excluding diaryl/α,β-unsaturated/α-hetero) is 1. The minimum Gasteiger partial charge on any atom is -0.507 e. The van der Waals surface area contributed by atoms with E-state index in [1.165, 1.54) is 31.3 Å². The van der Waals surface area contributed by atoms with Crippen LogP contribution >= 0.6 is 23.2 Å². The normalized spacial score (nSPS) is 17.8. The summed E-state index contributed by atoms with van der Waals surface area (Å²) in [6.07, 6.45) is 0. The lowest BCUT2D eigenvalue weighted by Crippen LogP contribution is -2.35. The number of halogens is 2. The Kier molecular flexibility index (Phi) is 7.33. The van der Waals surface area contributed by atoms with Crippen LogP contribution in [-0.4, -0.2) is 68.0 Å². The van der Waals surface area contributed by atoms with Crippen molar-refractivity contribution in [3.8, 4) is 11.5 Å². The van der Waals surface area contributed by atoms with Gasteiger partial charge in [0.1, 0.15) is 17.3 Å². The zero-order chi connectivity index (χ0) is 23.6. The van der Waals surface area contributed by atoms with Gasteiger partial charge >= 0.3 is 0 Å². The maximum absolute atomic E-state index is 13.1. The van der Waals surface area contributed by atoms with Crippen LogP contribution in [0.5, 0.6) is 11.5 Å². The zero-order valence-electron chi connectivity index (χ0n) is 18.2. The fraction of sp³-hybridized carbons (Fsp3) is 0.304. The van der Waals surface area contributed by atoms with Gasteiger partial charge in [0, 0.05) is 18.1 Å². The first-order valence-electron chi connectivity index (χ1n) is 9.80. The number of likely N-dealkylation sites (tertiary alicyclic amines) is 1. The zero-order valence-corrected chi connectivity index (χ0v) is 19.7. The molecule has 0 saturated carbocycles. The minimum atomic E-state index is -0.826. The number of nitrogens with zero attached hydrogens (tertiary/aromatic N) is 2. The van der Waals surface area contributed by atoms with E-state index >= 15 is 0 Å². The summed E-state index contributed by atoms with van der Waals surface area (Å²) in [7, 11) is 6.66. The van der Waals surface area contributed by atoms with Gasteiger partial charge in [0.05, 0.1) is 36.4 Å². The lowest BCUT2D eigenvalue weighted by molar-refractivity contribution is -0.140. The molecule has 2 aromatic rings. The number of hydrogen-bond acceptors (Lipinski definition) is 6. The van der Waals surface area contributed by atoms with Crippen LogP contribution in [0.4, 0.5) is 0 Å². The number of aliphatic hydroxyl groups is 1. The first kappa shape index (κ1) is 23.9. The monoisotopic (exact) mass is 478 g/mol. The molecule has 1 atom stereocenters. The molecule has 0 bridgehead atoms. The van der Waals surface area contributed by atoms with Crippen LogP contribution < -0.4 is 9.47 Å². The predicted octanol–water partition coefficient (Wildman–Crippen LogP) is 3.99. The van der Waals surface area contributed by atoms with Crippen molar-refractivity contribution in [2.24, 2.45) is 0 Å². The summed E-state index contributed by atoms with van der Waals surface area (Å²) in [4.78, 5) is 29.5. The standard InChI is InChI=1S/C23H24Cl2N2O5/c1-26(2)8-9-27-19(13-6-5-7-15(10-13)31-3)18(21(29)23(27)30)20(28)16-11-14(24)12-17(25)22(16)32-4/h5-7,10-12,19,28H,8-9H2,1-4H3/b20-18+. The summed E-state index contributed by atoms with van der Waals surface area (Å²) >= 11 is 12.4. The van der Waals surface area contributed by atoms with Gasteiger partial charge in [0.2, 0.25) is 0 Å². The summed E-state index contributed by atoms with van der Waals surface area (Å²) in [5.41, 5.74) is 0.679. The van der Waals surface area contributed by atoms with Gasteiger partial charge in [-0.3, -0.25) is 9.59 Å². The highest BCUT2D eigenvalue weighted by atomic mass is 35.5. The molecule has 3 rings (SSSR count). The van der Waals surface area contributed by atoms with E-state index in [0.29, 0.717) is 17.9 Å². The summed E-state index contributed by atoms with van der Waals surface area (Å²) in [5.74, 6) is -1.20.